The first-order chi connectivity index (χ1) is 18.7. The highest BCUT2D eigenvalue weighted by Gasteiger charge is 2.12. The molecule has 2 aromatic carbocycles. The van der Waals surface area contributed by atoms with Gasteiger partial charge in [0.25, 0.3) is 5.91 Å². The van der Waals surface area contributed by atoms with Crippen molar-refractivity contribution >= 4 is 23.2 Å². The normalized spacial score (nSPS) is 11.9. The van der Waals surface area contributed by atoms with Gasteiger partial charge in [-0.15, -0.1) is 0 Å². The molecule has 0 fully saturated rings. The quantitative estimate of drug-likeness (QED) is 0.328. The van der Waals surface area contributed by atoms with Crippen LogP contribution in [0.25, 0.3) is 16.9 Å². The largest absolute Gasteiger partial charge is 0.324 e. The Bertz CT molecular complexity index is 1700. The fourth-order valence-corrected chi connectivity index (χ4v) is 3.65. The second-order valence-electron chi connectivity index (χ2n) is 8.32. The van der Waals surface area contributed by atoms with Crippen molar-refractivity contribution in [2.75, 3.05) is 10.6 Å². The van der Waals surface area contributed by atoms with Gasteiger partial charge in [0.1, 0.15) is 0 Å². The molecule has 0 radical (unpaired) electrons. The number of rotatable bonds is 6. The molecular weight excluding hydrogens is 450 g/mol. The van der Waals surface area contributed by atoms with E-state index in [4.69, 9.17) is 4.11 Å². The number of carbonyl (C=O) groups is 1. The zero-order chi connectivity index (χ0) is 27.7. The molecule has 1 amide bonds. The number of nitrogens with zero attached hydrogens (tertiary/aromatic N) is 5. The second kappa shape index (κ2) is 9.79. The second-order valence-corrected chi connectivity index (χ2v) is 8.32. The van der Waals surface area contributed by atoms with Crippen LogP contribution in [0, 0.1) is 20.8 Å². The number of benzene rings is 2. The molecule has 5 rings (SSSR count). The molecule has 3 aromatic heterocycles. The van der Waals surface area contributed by atoms with Crippen LogP contribution in [0.3, 0.4) is 0 Å². The first-order valence-electron chi connectivity index (χ1n) is 12.8. The summed E-state index contributed by atoms with van der Waals surface area (Å²) in [6.07, 6.45) is 8.48. The number of carbonyl (C=O) groups excluding carboxylic acids is 1. The van der Waals surface area contributed by atoms with Gasteiger partial charge in [-0.25, -0.2) is 15.0 Å². The third-order valence-electron chi connectivity index (χ3n) is 5.41. The molecule has 0 saturated heterocycles. The summed E-state index contributed by atoms with van der Waals surface area (Å²) in [5.74, 6) is -0.472. The first kappa shape index (κ1) is 19.5. The third-order valence-corrected chi connectivity index (χ3v) is 5.41. The lowest BCUT2D eigenvalue weighted by molar-refractivity contribution is 0.102. The fourth-order valence-electron chi connectivity index (χ4n) is 3.65. The van der Waals surface area contributed by atoms with E-state index in [1.165, 1.54) is 0 Å². The van der Waals surface area contributed by atoms with Crippen molar-refractivity contribution in [1.29, 1.82) is 0 Å². The Kier molecular flexibility index (Phi) is 5.29. The van der Waals surface area contributed by atoms with Gasteiger partial charge >= 0.3 is 0 Å². The van der Waals surface area contributed by atoms with E-state index in [0.29, 0.717) is 16.9 Å². The maximum Gasteiger partial charge on any atom is 0.255 e. The minimum absolute atomic E-state index is 0.166. The highest BCUT2D eigenvalue weighted by Crippen LogP contribution is 2.24. The van der Waals surface area contributed by atoms with Crippen molar-refractivity contribution in [3.05, 3.63) is 108 Å². The number of hydrogen-bond donors (Lipinski definition) is 2. The average molecular weight is 479 g/mol. The number of anilines is 3. The van der Waals surface area contributed by atoms with Crippen LogP contribution >= 0.6 is 0 Å². The van der Waals surface area contributed by atoms with Gasteiger partial charge in [-0.3, -0.25) is 9.78 Å². The maximum absolute atomic E-state index is 13.4. The van der Waals surface area contributed by atoms with Crippen LogP contribution in [-0.4, -0.2) is 30.4 Å². The molecule has 8 nitrogen and oxygen atoms in total. The molecule has 0 aliphatic rings. The molecule has 8 heteroatoms. The van der Waals surface area contributed by atoms with Crippen molar-refractivity contribution in [3.63, 3.8) is 0 Å². The Morgan fingerprint density at radius 1 is 1.06 bits per heavy atom. The van der Waals surface area contributed by atoms with Crippen LogP contribution in [0.4, 0.5) is 17.3 Å². The summed E-state index contributed by atoms with van der Waals surface area (Å²) in [6, 6.07) is 10.2. The summed E-state index contributed by atoms with van der Waals surface area (Å²) >= 11 is 0. The molecular formula is C28H25N7O. The van der Waals surface area contributed by atoms with Crippen molar-refractivity contribution in [2.24, 2.45) is 0 Å². The average Bonchev–Trinajstić information content (AvgIpc) is 3.37. The monoisotopic (exact) mass is 478 g/mol. The van der Waals surface area contributed by atoms with Gasteiger partial charge in [-0.2, -0.15) is 0 Å². The summed E-state index contributed by atoms with van der Waals surface area (Å²) in [7, 11) is 0. The SMILES string of the molecule is [2H]c1c([2H])c(C(=O)Nc2cc(C)cc(-n3cnc(C)c3)c2)c([2H])c(Nc2nccc(-c3cccnc3)n2)c1C. The van der Waals surface area contributed by atoms with Crippen LogP contribution in [0.15, 0.2) is 85.6 Å². The zero-order valence-electron chi connectivity index (χ0n) is 23.0. The minimum Gasteiger partial charge on any atom is -0.324 e. The van der Waals surface area contributed by atoms with Crippen molar-refractivity contribution in [3.8, 4) is 16.9 Å². The number of pyridine rings is 1. The van der Waals surface area contributed by atoms with Gasteiger partial charge in [-0.05, 0) is 80.4 Å². The molecule has 5 aromatic rings. The highest BCUT2D eigenvalue weighted by atomic mass is 16.1. The molecule has 178 valence electrons. The van der Waals surface area contributed by atoms with E-state index in [9.17, 15) is 4.79 Å². The highest BCUT2D eigenvalue weighted by molar-refractivity contribution is 6.05. The molecule has 0 bridgehead atoms. The van der Waals surface area contributed by atoms with Gasteiger partial charge < -0.3 is 15.2 Å². The van der Waals surface area contributed by atoms with E-state index < -0.39 is 5.91 Å². The van der Waals surface area contributed by atoms with E-state index in [2.05, 4.69) is 30.6 Å². The van der Waals surface area contributed by atoms with Crippen LogP contribution in [0.5, 0.6) is 0 Å². The standard InChI is InChI=1S/C28H25N7O/c1-18-11-23(14-24(12-18)35-16-20(3)31-17-35)32-27(36)21-7-6-19(2)26(13-21)34-28-30-10-8-25(33-28)22-5-4-9-29-15-22/h4-17H,1-3H3,(H,32,36)(H,30,33,34)/i6D,7D,13D. The predicted molar refractivity (Wildman–Crippen MR) is 141 cm³/mol. The van der Waals surface area contributed by atoms with Crippen molar-refractivity contribution < 1.29 is 8.91 Å². The molecule has 0 aliphatic heterocycles. The number of aromatic nitrogens is 5. The Hall–Kier alpha value is -4.85. The van der Waals surface area contributed by atoms with Crippen molar-refractivity contribution in [1.82, 2.24) is 24.5 Å². The number of imidazole rings is 1. The Labute approximate surface area is 213 Å². The van der Waals surface area contributed by atoms with Gasteiger partial charge in [0, 0.05) is 53.0 Å². The summed E-state index contributed by atoms with van der Waals surface area (Å²) in [4.78, 5) is 30.5. The molecule has 36 heavy (non-hydrogen) atoms. The maximum atomic E-state index is 13.4. The summed E-state index contributed by atoms with van der Waals surface area (Å²) < 4.78 is 27.6. The minimum atomic E-state index is -0.662. The van der Waals surface area contributed by atoms with Gasteiger partial charge in [0.15, 0.2) is 0 Å². The lowest BCUT2D eigenvalue weighted by Gasteiger charge is -2.13. The Balaban J connectivity index is 1.48. The van der Waals surface area contributed by atoms with E-state index in [-0.39, 0.29) is 35.3 Å². The van der Waals surface area contributed by atoms with Crippen LogP contribution in [-0.2, 0) is 0 Å². The third kappa shape index (κ3) is 5.12. The van der Waals surface area contributed by atoms with Gasteiger partial charge in [0.05, 0.1) is 21.8 Å². The number of nitrogens with one attached hydrogen (secondary N) is 2. The molecule has 0 atom stereocenters. The number of amides is 1. The summed E-state index contributed by atoms with van der Waals surface area (Å²) in [5.41, 5.74) is 4.77. The number of aryl methyl sites for hydroxylation is 2. The topological polar surface area (TPSA) is 97.6 Å². The molecule has 2 N–H and O–H groups in total. The van der Waals surface area contributed by atoms with E-state index in [1.54, 1.807) is 56.1 Å². The fraction of sp³-hybridized carbons (Fsp3) is 0.107. The summed E-state index contributed by atoms with van der Waals surface area (Å²) in [5, 5.41) is 5.80. The zero-order valence-corrected chi connectivity index (χ0v) is 20.0. The van der Waals surface area contributed by atoms with Crippen LogP contribution < -0.4 is 10.6 Å². The smallest absolute Gasteiger partial charge is 0.255 e. The lowest BCUT2D eigenvalue weighted by atomic mass is 10.1. The van der Waals surface area contributed by atoms with Gasteiger partial charge in [-0.1, -0.05) is 6.04 Å². The molecule has 0 aliphatic carbocycles. The molecule has 0 unspecified atom stereocenters. The lowest BCUT2D eigenvalue weighted by Crippen LogP contribution is -2.13. The molecule has 3 heterocycles. The predicted octanol–water partition coefficient (Wildman–Crippen LogP) is 5.65. The molecule has 0 spiro atoms. The van der Waals surface area contributed by atoms with Crippen LogP contribution in [0.1, 0.15) is 31.3 Å². The van der Waals surface area contributed by atoms with Gasteiger partial charge in [0.2, 0.25) is 5.95 Å². The van der Waals surface area contributed by atoms with E-state index >= 15 is 0 Å². The number of hydrogen-bond acceptors (Lipinski definition) is 6. The Morgan fingerprint density at radius 2 is 1.94 bits per heavy atom. The Morgan fingerprint density at radius 3 is 2.72 bits per heavy atom. The van der Waals surface area contributed by atoms with E-state index in [1.807, 2.05) is 36.7 Å². The molecule has 0 saturated carbocycles. The van der Waals surface area contributed by atoms with Crippen LogP contribution in [0.2, 0.25) is 0 Å². The first-order valence-corrected chi connectivity index (χ1v) is 11.3. The summed E-state index contributed by atoms with van der Waals surface area (Å²) in [6.45, 7) is 5.42. The van der Waals surface area contributed by atoms with Crippen molar-refractivity contribution in [2.45, 2.75) is 20.8 Å². The van der Waals surface area contributed by atoms with E-state index in [0.717, 1.165) is 22.5 Å².